The number of fused-ring (bicyclic) bond motifs is 1. The second-order valence-corrected chi connectivity index (χ2v) is 10.4. The zero-order valence-electron chi connectivity index (χ0n) is 21.9. The number of piperazine rings is 1. The zero-order valence-corrected chi connectivity index (χ0v) is 21.9. The fourth-order valence-electron chi connectivity index (χ4n) is 4.95. The molecule has 0 unspecified atom stereocenters. The van der Waals surface area contributed by atoms with Gasteiger partial charge >= 0.3 is 0 Å². The first-order valence-electron chi connectivity index (χ1n) is 12.9. The number of anilines is 5. The van der Waals surface area contributed by atoms with Crippen molar-refractivity contribution < 1.29 is 0 Å². The molecule has 0 atom stereocenters. The molecule has 0 aliphatic carbocycles. The van der Waals surface area contributed by atoms with Gasteiger partial charge in [-0.1, -0.05) is 32.6 Å². The maximum absolute atomic E-state index is 4.85. The van der Waals surface area contributed by atoms with Crippen LogP contribution in [0.25, 0.3) is 5.70 Å². The Morgan fingerprint density at radius 2 is 1.86 bits per heavy atom. The van der Waals surface area contributed by atoms with E-state index in [0.29, 0.717) is 11.9 Å². The number of aromatic nitrogens is 2. The molecule has 7 nitrogen and oxygen atoms in total. The van der Waals surface area contributed by atoms with Crippen LogP contribution in [0.4, 0.5) is 28.8 Å². The van der Waals surface area contributed by atoms with E-state index >= 15 is 0 Å². The first-order chi connectivity index (χ1) is 17.4. The van der Waals surface area contributed by atoms with Gasteiger partial charge in [-0.25, -0.2) is 4.98 Å². The first kappa shape index (κ1) is 24.1. The Labute approximate surface area is 214 Å². The Morgan fingerprint density at radius 1 is 1.06 bits per heavy atom. The highest BCUT2D eigenvalue weighted by Gasteiger charge is 2.19. The molecule has 3 heterocycles. The van der Waals surface area contributed by atoms with Crippen molar-refractivity contribution in [2.45, 2.75) is 33.7 Å². The molecule has 7 heteroatoms. The average molecular weight is 484 g/mol. The maximum Gasteiger partial charge on any atom is 0.229 e. The maximum atomic E-state index is 4.85. The number of nitrogens with one attached hydrogen (secondary N) is 3. The molecule has 0 spiro atoms. The van der Waals surface area contributed by atoms with Gasteiger partial charge in [0.1, 0.15) is 5.82 Å². The molecule has 3 N–H and O–H groups in total. The van der Waals surface area contributed by atoms with Crippen LogP contribution in [0.5, 0.6) is 0 Å². The number of likely N-dealkylation sites (N-methyl/N-ethyl adjacent to an activating group) is 1. The van der Waals surface area contributed by atoms with Crippen LogP contribution in [0, 0.1) is 12.8 Å². The first-order valence-corrected chi connectivity index (χ1v) is 12.9. The molecule has 0 radical (unpaired) electrons. The molecular formula is C29H37N7. The van der Waals surface area contributed by atoms with Crippen LogP contribution in [0.3, 0.4) is 0 Å². The smallest absolute Gasteiger partial charge is 0.229 e. The minimum atomic E-state index is 0.548. The van der Waals surface area contributed by atoms with Gasteiger partial charge in [0.15, 0.2) is 0 Å². The van der Waals surface area contributed by atoms with Gasteiger partial charge in [0.05, 0.1) is 0 Å². The predicted molar refractivity (Wildman–Crippen MR) is 150 cm³/mol. The lowest BCUT2D eigenvalue weighted by molar-refractivity contribution is 0.313. The average Bonchev–Trinajstić information content (AvgIpc) is 3.24. The topological polar surface area (TPSA) is 68.4 Å². The van der Waals surface area contributed by atoms with E-state index in [4.69, 9.17) is 4.98 Å². The molecule has 5 rings (SSSR count). The van der Waals surface area contributed by atoms with Gasteiger partial charge in [-0.3, -0.25) is 0 Å². The van der Waals surface area contributed by atoms with E-state index in [1.165, 1.54) is 16.8 Å². The summed E-state index contributed by atoms with van der Waals surface area (Å²) in [7, 11) is 2.19. The van der Waals surface area contributed by atoms with Crippen LogP contribution in [-0.2, 0) is 13.0 Å². The van der Waals surface area contributed by atoms with E-state index in [0.717, 1.165) is 73.2 Å². The van der Waals surface area contributed by atoms with Gasteiger partial charge in [0.2, 0.25) is 5.95 Å². The van der Waals surface area contributed by atoms with Gasteiger partial charge in [-0.2, -0.15) is 4.98 Å². The van der Waals surface area contributed by atoms with Crippen molar-refractivity contribution in [2.24, 2.45) is 5.92 Å². The lowest BCUT2D eigenvalue weighted by Crippen LogP contribution is -2.44. The minimum Gasteiger partial charge on any atom is -0.381 e. The van der Waals surface area contributed by atoms with Crippen LogP contribution in [0.2, 0.25) is 0 Å². The molecule has 2 aliphatic rings. The number of rotatable bonds is 7. The summed E-state index contributed by atoms with van der Waals surface area (Å²) in [5, 5.41) is 10.4. The van der Waals surface area contributed by atoms with Crippen LogP contribution in [0.15, 0.2) is 49.2 Å². The number of benzene rings is 2. The Bertz CT molecular complexity index is 1260. The largest absolute Gasteiger partial charge is 0.381 e. The molecule has 1 aromatic heterocycles. The second kappa shape index (κ2) is 10.2. The molecule has 1 fully saturated rings. The highest BCUT2D eigenvalue weighted by atomic mass is 15.2. The van der Waals surface area contributed by atoms with Crippen molar-refractivity contribution in [1.29, 1.82) is 0 Å². The molecule has 2 aliphatic heterocycles. The van der Waals surface area contributed by atoms with Gasteiger partial charge in [-0.05, 0) is 61.7 Å². The van der Waals surface area contributed by atoms with Gasteiger partial charge < -0.3 is 25.8 Å². The van der Waals surface area contributed by atoms with Crippen molar-refractivity contribution in [3.8, 4) is 0 Å². The van der Waals surface area contributed by atoms with Crippen molar-refractivity contribution in [2.75, 3.05) is 48.8 Å². The molecule has 188 valence electrons. The number of hydrogen-bond donors (Lipinski definition) is 3. The van der Waals surface area contributed by atoms with E-state index in [1.807, 2.05) is 13.1 Å². The van der Waals surface area contributed by atoms with Crippen LogP contribution in [0.1, 0.15) is 36.1 Å². The number of nitrogens with zero attached hydrogens (tertiary/aromatic N) is 4. The molecule has 0 saturated carbocycles. The molecule has 2 aromatic carbocycles. The summed E-state index contributed by atoms with van der Waals surface area (Å²) in [5.41, 5.74) is 8.96. The lowest BCUT2D eigenvalue weighted by atomic mass is 10.00. The standard InChI is InChI=1S/C29H37N7/c1-19(2)15-23-16-24(36-13-11-35(5)12-14-36)9-10-25(23)33-29-31-17-20(3)28(34-29)32-26-8-6-7-22-18-30-21(4)27(22)26/h6-10,16-17,19,30H,4,11-15,18H2,1-3,5H3,(H2,31,32,33,34). The number of hydrogen-bond acceptors (Lipinski definition) is 7. The molecule has 3 aromatic rings. The highest BCUT2D eigenvalue weighted by molar-refractivity contribution is 5.82. The fourth-order valence-corrected chi connectivity index (χ4v) is 4.95. The third-order valence-corrected chi connectivity index (χ3v) is 7.00. The van der Waals surface area contributed by atoms with Gasteiger partial charge in [0.25, 0.3) is 0 Å². The monoisotopic (exact) mass is 483 g/mol. The summed E-state index contributed by atoms with van der Waals surface area (Å²) in [4.78, 5) is 14.3. The molecule has 0 amide bonds. The van der Waals surface area contributed by atoms with Crippen molar-refractivity contribution in [3.63, 3.8) is 0 Å². The molecule has 36 heavy (non-hydrogen) atoms. The Balaban J connectivity index is 1.40. The summed E-state index contributed by atoms with van der Waals surface area (Å²) in [6.07, 6.45) is 2.86. The van der Waals surface area contributed by atoms with Gasteiger partial charge in [0, 0.05) is 72.8 Å². The zero-order chi connectivity index (χ0) is 25.2. The van der Waals surface area contributed by atoms with Crippen molar-refractivity contribution in [3.05, 3.63) is 71.4 Å². The van der Waals surface area contributed by atoms with Gasteiger partial charge in [-0.15, -0.1) is 0 Å². The summed E-state index contributed by atoms with van der Waals surface area (Å²) >= 11 is 0. The number of aryl methyl sites for hydroxylation is 1. The molecule has 1 saturated heterocycles. The quantitative estimate of drug-likeness (QED) is 0.421. The van der Waals surface area contributed by atoms with Crippen molar-refractivity contribution in [1.82, 2.24) is 20.2 Å². The Morgan fingerprint density at radius 3 is 2.64 bits per heavy atom. The molecule has 0 bridgehead atoms. The summed E-state index contributed by atoms with van der Waals surface area (Å²) < 4.78 is 0. The Hall–Kier alpha value is -3.58. The summed E-state index contributed by atoms with van der Waals surface area (Å²) in [5.74, 6) is 1.93. The third kappa shape index (κ3) is 5.16. The lowest BCUT2D eigenvalue weighted by Gasteiger charge is -2.34. The van der Waals surface area contributed by atoms with Crippen LogP contribution in [-0.4, -0.2) is 48.1 Å². The van der Waals surface area contributed by atoms with Crippen LogP contribution >= 0.6 is 0 Å². The minimum absolute atomic E-state index is 0.548. The van der Waals surface area contributed by atoms with E-state index in [2.05, 4.69) is 94.6 Å². The third-order valence-electron chi connectivity index (χ3n) is 7.00. The normalized spacial score (nSPS) is 15.7. The highest BCUT2D eigenvalue weighted by Crippen LogP contribution is 2.33. The molecular weight excluding hydrogens is 446 g/mol. The van der Waals surface area contributed by atoms with E-state index < -0.39 is 0 Å². The second-order valence-electron chi connectivity index (χ2n) is 10.4. The summed E-state index contributed by atoms with van der Waals surface area (Å²) in [6.45, 7) is 15.8. The van der Waals surface area contributed by atoms with Crippen molar-refractivity contribution >= 4 is 34.5 Å². The van der Waals surface area contributed by atoms with E-state index in [9.17, 15) is 0 Å². The van der Waals surface area contributed by atoms with Crippen LogP contribution < -0.4 is 20.9 Å². The Kier molecular flexibility index (Phi) is 6.83. The SMILES string of the molecule is C=C1NCc2cccc(Nc3nc(Nc4ccc(N5CCN(C)CC5)cc4CC(C)C)ncc3C)c21. The van der Waals surface area contributed by atoms with E-state index in [1.54, 1.807) is 0 Å². The van der Waals surface area contributed by atoms with E-state index in [-0.39, 0.29) is 0 Å². The summed E-state index contributed by atoms with van der Waals surface area (Å²) in [6, 6.07) is 13.0. The fraction of sp³-hybridized carbons (Fsp3) is 0.379. The predicted octanol–water partition coefficient (Wildman–Crippen LogP) is 5.30.